The van der Waals surface area contributed by atoms with Gasteiger partial charge in [-0.1, -0.05) is 32.6 Å². The van der Waals surface area contributed by atoms with Crippen molar-refractivity contribution < 1.29 is 14.3 Å². The molecule has 0 heterocycles. The fraction of sp³-hybridized carbons (Fsp3) is 0.364. The first-order valence-corrected chi connectivity index (χ1v) is 9.48. The lowest BCUT2D eigenvalue weighted by molar-refractivity contribution is 0.0936. The number of benzene rings is 2. The van der Waals surface area contributed by atoms with E-state index in [0.29, 0.717) is 22.6 Å². The molecule has 2 rings (SSSR count). The van der Waals surface area contributed by atoms with Crippen molar-refractivity contribution in [2.45, 2.75) is 52.0 Å². The molecule has 2 aromatic carbocycles. The number of hydrogen-bond acceptors (Lipinski definition) is 3. The van der Waals surface area contributed by atoms with Crippen molar-refractivity contribution in [3.8, 4) is 11.5 Å². The predicted octanol–water partition coefficient (Wildman–Crippen LogP) is 4.67. The third-order valence-corrected chi connectivity index (χ3v) is 4.36. The Balaban J connectivity index is 1.86. The molecule has 5 heteroatoms. The topological polar surface area (TPSA) is 81.4 Å². The average molecular weight is 368 g/mol. The van der Waals surface area contributed by atoms with Gasteiger partial charge in [-0.15, -0.1) is 0 Å². The minimum Gasteiger partial charge on any atom is -0.457 e. The van der Waals surface area contributed by atoms with Gasteiger partial charge in [0.1, 0.15) is 11.5 Å². The molecular weight excluding hydrogens is 340 g/mol. The molecule has 0 saturated carbocycles. The lowest BCUT2D eigenvalue weighted by Crippen LogP contribution is -2.32. The monoisotopic (exact) mass is 368 g/mol. The minimum atomic E-state index is -0.475. The van der Waals surface area contributed by atoms with E-state index < -0.39 is 5.91 Å². The summed E-state index contributed by atoms with van der Waals surface area (Å²) in [5, 5.41) is 3.04. The summed E-state index contributed by atoms with van der Waals surface area (Å²) in [5.41, 5.74) is 6.25. The fourth-order valence-corrected chi connectivity index (χ4v) is 2.75. The van der Waals surface area contributed by atoms with E-state index in [9.17, 15) is 9.59 Å². The molecule has 2 amide bonds. The lowest BCUT2D eigenvalue weighted by atomic mass is 10.1. The SMILES string of the molecule is CCCCCCC(C)NC(=O)c1ccc(Oc2ccc(C(N)=O)cc2)cc1. The lowest BCUT2D eigenvalue weighted by Gasteiger charge is -2.14. The van der Waals surface area contributed by atoms with E-state index in [1.165, 1.54) is 19.3 Å². The van der Waals surface area contributed by atoms with Crippen molar-refractivity contribution in [2.75, 3.05) is 0 Å². The Labute approximate surface area is 160 Å². The van der Waals surface area contributed by atoms with Crippen LogP contribution < -0.4 is 15.8 Å². The first-order chi connectivity index (χ1) is 13.0. The van der Waals surface area contributed by atoms with Gasteiger partial charge in [0.05, 0.1) is 0 Å². The minimum absolute atomic E-state index is 0.0737. The molecule has 0 aromatic heterocycles. The largest absolute Gasteiger partial charge is 0.457 e. The van der Waals surface area contributed by atoms with Crippen LogP contribution in [-0.4, -0.2) is 17.9 Å². The third-order valence-electron chi connectivity index (χ3n) is 4.36. The van der Waals surface area contributed by atoms with Crippen molar-refractivity contribution in [2.24, 2.45) is 5.73 Å². The smallest absolute Gasteiger partial charge is 0.251 e. The van der Waals surface area contributed by atoms with Crippen LogP contribution in [0, 0.1) is 0 Å². The number of hydrogen-bond donors (Lipinski definition) is 2. The van der Waals surface area contributed by atoms with Crippen LogP contribution in [0.4, 0.5) is 0 Å². The van der Waals surface area contributed by atoms with E-state index in [2.05, 4.69) is 12.2 Å². The van der Waals surface area contributed by atoms with Crippen LogP contribution in [0.3, 0.4) is 0 Å². The summed E-state index contributed by atoms with van der Waals surface area (Å²) in [4.78, 5) is 23.4. The zero-order valence-corrected chi connectivity index (χ0v) is 16.0. The summed E-state index contributed by atoms with van der Waals surface area (Å²) in [6, 6.07) is 13.7. The second-order valence-electron chi connectivity index (χ2n) is 6.74. The van der Waals surface area contributed by atoms with Gasteiger partial charge >= 0.3 is 0 Å². The Morgan fingerprint density at radius 1 is 0.926 bits per heavy atom. The van der Waals surface area contributed by atoms with Crippen LogP contribution in [0.25, 0.3) is 0 Å². The van der Waals surface area contributed by atoms with Gasteiger partial charge in [0.15, 0.2) is 0 Å². The molecule has 0 bridgehead atoms. The highest BCUT2D eigenvalue weighted by Crippen LogP contribution is 2.22. The first kappa shape index (κ1) is 20.5. The van der Waals surface area contributed by atoms with Crippen LogP contribution in [-0.2, 0) is 0 Å². The van der Waals surface area contributed by atoms with Crippen molar-refractivity contribution in [3.63, 3.8) is 0 Å². The molecule has 1 unspecified atom stereocenters. The molecule has 3 N–H and O–H groups in total. The van der Waals surface area contributed by atoms with E-state index in [-0.39, 0.29) is 11.9 Å². The van der Waals surface area contributed by atoms with Crippen LogP contribution >= 0.6 is 0 Å². The highest BCUT2D eigenvalue weighted by molar-refractivity contribution is 5.94. The van der Waals surface area contributed by atoms with Crippen molar-refractivity contribution in [3.05, 3.63) is 59.7 Å². The number of nitrogens with two attached hydrogens (primary N) is 1. The molecule has 0 aliphatic rings. The van der Waals surface area contributed by atoms with E-state index >= 15 is 0 Å². The quantitative estimate of drug-likeness (QED) is 0.598. The van der Waals surface area contributed by atoms with E-state index in [1.54, 1.807) is 48.5 Å². The van der Waals surface area contributed by atoms with Gasteiger partial charge in [0.2, 0.25) is 5.91 Å². The average Bonchev–Trinajstić information content (AvgIpc) is 2.66. The second kappa shape index (κ2) is 10.4. The molecule has 0 fully saturated rings. The van der Waals surface area contributed by atoms with Crippen molar-refractivity contribution in [1.29, 1.82) is 0 Å². The molecule has 2 aromatic rings. The molecular formula is C22H28N2O3. The summed E-state index contributed by atoms with van der Waals surface area (Å²) >= 11 is 0. The van der Waals surface area contributed by atoms with Gasteiger partial charge in [-0.25, -0.2) is 0 Å². The molecule has 27 heavy (non-hydrogen) atoms. The summed E-state index contributed by atoms with van der Waals surface area (Å²) in [6.07, 6.45) is 5.80. The van der Waals surface area contributed by atoms with E-state index in [4.69, 9.17) is 10.5 Å². The Hall–Kier alpha value is -2.82. The van der Waals surface area contributed by atoms with Crippen molar-refractivity contribution in [1.82, 2.24) is 5.32 Å². The Kier molecular flexibility index (Phi) is 7.86. The third kappa shape index (κ3) is 6.77. The molecule has 0 aliphatic carbocycles. The number of carbonyl (C=O) groups is 2. The summed E-state index contributed by atoms with van der Waals surface area (Å²) in [7, 11) is 0. The van der Waals surface area contributed by atoms with Gasteiger partial charge < -0.3 is 15.8 Å². The Morgan fingerprint density at radius 3 is 2.00 bits per heavy atom. The Bertz CT molecular complexity index is 739. The number of amides is 2. The zero-order valence-electron chi connectivity index (χ0n) is 16.0. The number of nitrogens with one attached hydrogen (secondary N) is 1. The molecule has 5 nitrogen and oxygen atoms in total. The van der Waals surface area contributed by atoms with Crippen LogP contribution in [0.5, 0.6) is 11.5 Å². The van der Waals surface area contributed by atoms with Gasteiger partial charge in [-0.3, -0.25) is 9.59 Å². The maximum absolute atomic E-state index is 12.3. The summed E-state index contributed by atoms with van der Waals surface area (Å²) < 4.78 is 5.72. The highest BCUT2D eigenvalue weighted by Gasteiger charge is 2.10. The summed E-state index contributed by atoms with van der Waals surface area (Å²) in [5.74, 6) is 0.663. The zero-order chi connectivity index (χ0) is 19.6. The highest BCUT2D eigenvalue weighted by atomic mass is 16.5. The number of ether oxygens (including phenoxy) is 1. The van der Waals surface area contributed by atoms with Gasteiger partial charge in [-0.2, -0.15) is 0 Å². The number of carbonyl (C=O) groups excluding carboxylic acids is 2. The van der Waals surface area contributed by atoms with Gasteiger partial charge in [-0.05, 0) is 61.9 Å². The molecule has 144 valence electrons. The first-order valence-electron chi connectivity index (χ1n) is 9.48. The van der Waals surface area contributed by atoms with Crippen LogP contribution in [0.15, 0.2) is 48.5 Å². The van der Waals surface area contributed by atoms with Gasteiger partial charge in [0, 0.05) is 17.2 Å². The molecule has 0 radical (unpaired) electrons. The molecule has 0 aliphatic heterocycles. The molecule has 0 saturated heterocycles. The number of rotatable bonds is 10. The van der Waals surface area contributed by atoms with Crippen molar-refractivity contribution >= 4 is 11.8 Å². The summed E-state index contributed by atoms with van der Waals surface area (Å²) in [6.45, 7) is 4.23. The van der Waals surface area contributed by atoms with Crippen LogP contribution in [0.1, 0.15) is 66.7 Å². The van der Waals surface area contributed by atoms with E-state index in [0.717, 1.165) is 12.8 Å². The number of primary amides is 1. The molecule has 1 atom stereocenters. The normalized spacial score (nSPS) is 11.6. The molecule has 0 spiro atoms. The van der Waals surface area contributed by atoms with Crippen LogP contribution in [0.2, 0.25) is 0 Å². The predicted molar refractivity (Wildman–Crippen MR) is 107 cm³/mol. The standard InChI is InChI=1S/C22H28N2O3/c1-3-4-5-6-7-16(2)24-22(26)18-10-14-20(15-11-18)27-19-12-8-17(9-13-19)21(23)25/h8-16H,3-7H2,1-2H3,(H2,23,25)(H,24,26). The maximum Gasteiger partial charge on any atom is 0.251 e. The fourth-order valence-electron chi connectivity index (χ4n) is 2.75. The Morgan fingerprint density at radius 2 is 1.48 bits per heavy atom. The second-order valence-corrected chi connectivity index (χ2v) is 6.74. The van der Waals surface area contributed by atoms with E-state index in [1.807, 2.05) is 6.92 Å². The maximum atomic E-state index is 12.3. The number of unbranched alkanes of at least 4 members (excludes halogenated alkanes) is 3. The van der Waals surface area contributed by atoms with Gasteiger partial charge in [0.25, 0.3) is 5.91 Å².